The van der Waals surface area contributed by atoms with Crippen molar-refractivity contribution in [2.75, 3.05) is 17.6 Å². The summed E-state index contributed by atoms with van der Waals surface area (Å²) in [7, 11) is 0. The van der Waals surface area contributed by atoms with E-state index in [1.54, 1.807) is 6.20 Å². The molecule has 2 atom stereocenters. The summed E-state index contributed by atoms with van der Waals surface area (Å²) in [5, 5.41) is 7.01. The quantitative estimate of drug-likeness (QED) is 0.811. The molecule has 0 radical (unpaired) electrons. The molecule has 0 aromatic carbocycles. The van der Waals surface area contributed by atoms with Crippen LogP contribution in [0.25, 0.3) is 0 Å². The maximum absolute atomic E-state index is 12.4. The van der Waals surface area contributed by atoms with Crippen LogP contribution in [0.3, 0.4) is 0 Å². The Kier molecular flexibility index (Phi) is 6.36. The summed E-state index contributed by atoms with van der Waals surface area (Å²) >= 11 is 1.95. The topological polar surface area (TPSA) is 54.0 Å². The number of thioether (sulfide) groups is 1. The van der Waals surface area contributed by atoms with Crippen molar-refractivity contribution in [1.82, 2.24) is 10.3 Å². The number of pyridine rings is 1. The van der Waals surface area contributed by atoms with Crippen molar-refractivity contribution in [3.05, 3.63) is 24.0 Å². The van der Waals surface area contributed by atoms with Gasteiger partial charge in [-0.25, -0.2) is 0 Å². The summed E-state index contributed by atoms with van der Waals surface area (Å²) in [6.07, 6.45) is 6.24. The van der Waals surface area contributed by atoms with Crippen LogP contribution in [0, 0.1) is 0 Å². The highest BCUT2D eigenvalue weighted by atomic mass is 32.2. The summed E-state index contributed by atoms with van der Waals surface area (Å²) in [6.45, 7) is 5.20. The van der Waals surface area contributed by atoms with E-state index >= 15 is 0 Å². The van der Waals surface area contributed by atoms with Crippen LogP contribution < -0.4 is 10.6 Å². The fourth-order valence-corrected chi connectivity index (χ4v) is 3.88. The molecule has 4 nitrogen and oxygen atoms in total. The molecule has 5 heteroatoms. The number of nitrogens with zero attached hydrogens (tertiary/aromatic N) is 1. The van der Waals surface area contributed by atoms with E-state index in [0.29, 0.717) is 10.9 Å². The number of hydrogen-bond donors (Lipinski definition) is 2. The number of carbonyl (C=O) groups excluding carboxylic acids is 1. The van der Waals surface area contributed by atoms with Crippen molar-refractivity contribution in [3.63, 3.8) is 0 Å². The van der Waals surface area contributed by atoms with Gasteiger partial charge in [-0.1, -0.05) is 20.3 Å². The van der Waals surface area contributed by atoms with E-state index in [2.05, 4.69) is 29.5 Å². The first kappa shape index (κ1) is 16.1. The zero-order chi connectivity index (χ0) is 15.1. The van der Waals surface area contributed by atoms with Crippen LogP contribution in [0.15, 0.2) is 18.3 Å². The molecule has 116 valence electrons. The third-order valence-corrected chi connectivity index (χ3v) is 5.05. The number of nitrogens with one attached hydrogen (secondary N) is 2. The average Bonchev–Trinajstić information content (AvgIpc) is 2.93. The minimum atomic E-state index is -0.0521. The fourth-order valence-electron chi connectivity index (χ4n) is 2.68. The molecule has 0 aliphatic heterocycles. The van der Waals surface area contributed by atoms with Gasteiger partial charge in [0.15, 0.2) is 0 Å². The lowest BCUT2D eigenvalue weighted by Crippen LogP contribution is -2.39. The summed E-state index contributed by atoms with van der Waals surface area (Å²) < 4.78 is 0. The van der Waals surface area contributed by atoms with E-state index in [9.17, 15) is 4.79 Å². The molecule has 1 aromatic rings. The van der Waals surface area contributed by atoms with Crippen molar-refractivity contribution in [2.24, 2.45) is 0 Å². The molecule has 2 rings (SSSR count). The minimum absolute atomic E-state index is 0.0521. The molecule has 0 saturated heterocycles. The van der Waals surface area contributed by atoms with Gasteiger partial charge in [-0.2, -0.15) is 11.8 Å². The molecule has 0 bridgehead atoms. The monoisotopic (exact) mass is 307 g/mol. The number of aromatic nitrogens is 1. The lowest BCUT2D eigenvalue weighted by Gasteiger charge is -2.20. The van der Waals surface area contributed by atoms with E-state index in [1.165, 1.54) is 12.8 Å². The Balaban J connectivity index is 1.96. The van der Waals surface area contributed by atoms with Gasteiger partial charge in [0.1, 0.15) is 5.69 Å². The van der Waals surface area contributed by atoms with Crippen LogP contribution in [-0.4, -0.2) is 34.5 Å². The van der Waals surface area contributed by atoms with E-state index in [0.717, 1.165) is 30.8 Å². The molecule has 1 amide bonds. The third kappa shape index (κ3) is 4.63. The van der Waals surface area contributed by atoms with Crippen molar-refractivity contribution in [3.8, 4) is 0 Å². The van der Waals surface area contributed by atoms with E-state index < -0.39 is 0 Å². The summed E-state index contributed by atoms with van der Waals surface area (Å²) in [6, 6.07) is 4.02. The lowest BCUT2D eigenvalue weighted by molar-refractivity contribution is 0.0933. The van der Waals surface area contributed by atoms with Gasteiger partial charge in [0.25, 0.3) is 5.91 Å². The van der Waals surface area contributed by atoms with Crippen molar-refractivity contribution in [1.29, 1.82) is 0 Å². The SMILES string of the molecule is CCCNc1ccnc(C(=O)NC2CCCC2SCC)c1. The number of anilines is 1. The Morgan fingerprint density at radius 1 is 1.43 bits per heavy atom. The van der Waals surface area contributed by atoms with Crippen LogP contribution >= 0.6 is 11.8 Å². The van der Waals surface area contributed by atoms with Gasteiger partial charge in [-0.05, 0) is 37.1 Å². The minimum Gasteiger partial charge on any atom is -0.385 e. The zero-order valence-corrected chi connectivity index (χ0v) is 13.7. The molecule has 1 aliphatic rings. The second-order valence-corrected chi connectivity index (χ2v) is 6.88. The number of carbonyl (C=O) groups is 1. The van der Waals surface area contributed by atoms with Crippen molar-refractivity contribution < 1.29 is 4.79 Å². The second-order valence-electron chi connectivity index (χ2n) is 5.36. The van der Waals surface area contributed by atoms with Crippen LogP contribution in [0.4, 0.5) is 5.69 Å². The van der Waals surface area contributed by atoms with Crippen LogP contribution in [0.5, 0.6) is 0 Å². The van der Waals surface area contributed by atoms with E-state index in [-0.39, 0.29) is 11.9 Å². The number of rotatable bonds is 7. The molecule has 1 aromatic heterocycles. The third-order valence-electron chi connectivity index (χ3n) is 3.72. The fraction of sp³-hybridized carbons (Fsp3) is 0.625. The highest BCUT2D eigenvalue weighted by Gasteiger charge is 2.28. The molecule has 2 N–H and O–H groups in total. The molecular formula is C16H25N3OS. The highest BCUT2D eigenvalue weighted by Crippen LogP contribution is 2.30. The van der Waals surface area contributed by atoms with Crippen molar-refractivity contribution >= 4 is 23.4 Å². The molecule has 1 saturated carbocycles. The van der Waals surface area contributed by atoms with Gasteiger partial charge in [-0.3, -0.25) is 9.78 Å². The first-order valence-electron chi connectivity index (χ1n) is 7.87. The standard InChI is InChI=1S/C16H25N3OS/c1-3-9-17-12-8-10-18-14(11-12)16(20)19-13-6-5-7-15(13)21-4-2/h8,10-11,13,15H,3-7,9H2,1-2H3,(H,17,18)(H,19,20). The Hall–Kier alpha value is -1.23. The second kappa shape index (κ2) is 8.27. The summed E-state index contributed by atoms with van der Waals surface area (Å²) in [5.74, 6) is 1.05. The Bertz CT molecular complexity index is 467. The normalized spacial score (nSPS) is 21.2. The van der Waals surface area contributed by atoms with Crippen LogP contribution in [0.1, 0.15) is 50.0 Å². The van der Waals surface area contributed by atoms with Crippen molar-refractivity contribution in [2.45, 2.75) is 50.8 Å². The molecule has 21 heavy (non-hydrogen) atoms. The number of amides is 1. The maximum Gasteiger partial charge on any atom is 0.270 e. The molecule has 1 heterocycles. The average molecular weight is 307 g/mol. The Morgan fingerprint density at radius 3 is 3.05 bits per heavy atom. The molecule has 2 unspecified atom stereocenters. The Morgan fingerprint density at radius 2 is 2.29 bits per heavy atom. The van der Waals surface area contributed by atoms with Gasteiger partial charge in [0.2, 0.25) is 0 Å². The van der Waals surface area contributed by atoms with E-state index in [1.807, 2.05) is 23.9 Å². The Labute approximate surface area is 131 Å². The van der Waals surface area contributed by atoms with Gasteiger partial charge < -0.3 is 10.6 Å². The van der Waals surface area contributed by atoms with Gasteiger partial charge in [0.05, 0.1) is 0 Å². The summed E-state index contributed by atoms with van der Waals surface area (Å²) in [4.78, 5) is 16.6. The molecule has 1 fully saturated rings. The molecular weight excluding hydrogens is 282 g/mol. The predicted octanol–water partition coefficient (Wildman–Crippen LogP) is 3.31. The van der Waals surface area contributed by atoms with Gasteiger partial charge in [0, 0.05) is 29.7 Å². The molecule has 1 aliphatic carbocycles. The highest BCUT2D eigenvalue weighted by molar-refractivity contribution is 7.99. The smallest absolute Gasteiger partial charge is 0.270 e. The lowest BCUT2D eigenvalue weighted by atomic mass is 10.2. The van der Waals surface area contributed by atoms with Crippen LogP contribution in [0.2, 0.25) is 0 Å². The van der Waals surface area contributed by atoms with E-state index in [4.69, 9.17) is 0 Å². The largest absolute Gasteiger partial charge is 0.385 e. The zero-order valence-electron chi connectivity index (χ0n) is 12.9. The maximum atomic E-state index is 12.4. The summed E-state index contributed by atoms with van der Waals surface area (Å²) in [5.41, 5.74) is 1.46. The van der Waals surface area contributed by atoms with Gasteiger partial charge in [-0.15, -0.1) is 0 Å². The van der Waals surface area contributed by atoms with Gasteiger partial charge >= 0.3 is 0 Å². The predicted molar refractivity (Wildman–Crippen MR) is 90.0 cm³/mol. The number of hydrogen-bond acceptors (Lipinski definition) is 4. The first-order valence-corrected chi connectivity index (χ1v) is 8.91. The van der Waals surface area contributed by atoms with Crippen LogP contribution in [-0.2, 0) is 0 Å². The first-order chi connectivity index (χ1) is 10.2. The molecule has 0 spiro atoms.